The molecule has 1 aromatic heterocycles. The van der Waals surface area contributed by atoms with E-state index >= 15 is 0 Å². The Balaban J connectivity index is 2.93. The molecule has 0 amide bonds. The topological polar surface area (TPSA) is 24.9 Å². The van der Waals surface area contributed by atoms with Gasteiger partial charge in [0.05, 0.1) is 5.52 Å². The van der Waals surface area contributed by atoms with Crippen LogP contribution in [0.5, 0.6) is 0 Å². The number of halogens is 1. The van der Waals surface area contributed by atoms with E-state index < -0.39 is 0 Å². The molecule has 0 saturated carbocycles. The maximum atomic E-state index is 6.13. The largest absolute Gasteiger partial charge is 0.387 e. The van der Waals surface area contributed by atoms with Crippen molar-refractivity contribution in [2.24, 2.45) is 0 Å². The number of nitrogens with one attached hydrogen (secondary N) is 1. The number of pyridine rings is 1. The van der Waals surface area contributed by atoms with Crippen LogP contribution in [0.3, 0.4) is 0 Å². The smallest absolute Gasteiger partial charge is 0.0756 e. The number of benzene rings is 1. The fraction of sp³-hybridized carbons (Fsp3) is 0.357. The first kappa shape index (κ1) is 12.2. The van der Waals surface area contributed by atoms with Crippen LogP contribution in [-0.4, -0.2) is 12.0 Å². The Kier molecular flexibility index (Phi) is 3.25. The highest BCUT2D eigenvalue weighted by Crippen LogP contribution is 2.32. The maximum Gasteiger partial charge on any atom is 0.0756 e. The minimum atomic E-state index is 0.763. The Labute approximate surface area is 107 Å². The molecule has 0 unspecified atom stereocenters. The highest BCUT2D eigenvalue weighted by molar-refractivity contribution is 6.31. The number of hydrogen-bond donors (Lipinski definition) is 1. The lowest BCUT2D eigenvalue weighted by Gasteiger charge is -2.15. The summed E-state index contributed by atoms with van der Waals surface area (Å²) >= 11 is 6.13. The molecule has 2 rings (SSSR count). The van der Waals surface area contributed by atoms with Gasteiger partial charge in [0.15, 0.2) is 0 Å². The van der Waals surface area contributed by atoms with Gasteiger partial charge in [-0.2, -0.15) is 0 Å². The highest BCUT2D eigenvalue weighted by Gasteiger charge is 2.12. The summed E-state index contributed by atoms with van der Waals surface area (Å²) in [6, 6.07) is 3.95. The average molecular weight is 249 g/mol. The normalized spacial score (nSPS) is 10.9. The van der Waals surface area contributed by atoms with Gasteiger partial charge in [0.25, 0.3) is 0 Å². The monoisotopic (exact) mass is 248 g/mol. The Morgan fingerprint density at radius 3 is 2.59 bits per heavy atom. The SMILES string of the molecule is CCc1c(C)nc2c(C)cc(Cl)cc2c1NC. The van der Waals surface area contributed by atoms with Crippen LogP contribution in [0.25, 0.3) is 10.9 Å². The lowest BCUT2D eigenvalue weighted by Crippen LogP contribution is -2.02. The molecule has 0 saturated heterocycles. The Morgan fingerprint density at radius 2 is 2.00 bits per heavy atom. The van der Waals surface area contributed by atoms with Crippen molar-refractivity contribution in [3.05, 3.63) is 34.0 Å². The third kappa shape index (κ3) is 1.98. The molecule has 90 valence electrons. The van der Waals surface area contributed by atoms with E-state index in [0.29, 0.717) is 0 Å². The number of fused-ring (bicyclic) bond motifs is 1. The van der Waals surface area contributed by atoms with Gasteiger partial charge in [-0.05, 0) is 43.5 Å². The van der Waals surface area contributed by atoms with Crippen molar-refractivity contribution in [2.75, 3.05) is 12.4 Å². The molecule has 1 heterocycles. The molecular weight excluding hydrogens is 232 g/mol. The van der Waals surface area contributed by atoms with Gasteiger partial charge in [0.1, 0.15) is 0 Å². The predicted molar refractivity (Wildman–Crippen MR) is 75.2 cm³/mol. The summed E-state index contributed by atoms with van der Waals surface area (Å²) in [4.78, 5) is 4.70. The van der Waals surface area contributed by atoms with Crippen molar-refractivity contribution < 1.29 is 0 Å². The Hall–Kier alpha value is -1.28. The maximum absolute atomic E-state index is 6.13. The zero-order valence-corrected chi connectivity index (χ0v) is 11.4. The third-order valence-corrected chi connectivity index (χ3v) is 3.37. The molecule has 0 radical (unpaired) electrons. The van der Waals surface area contributed by atoms with Crippen LogP contribution >= 0.6 is 11.6 Å². The summed E-state index contributed by atoms with van der Waals surface area (Å²) in [5.74, 6) is 0. The second-order valence-corrected chi connectivity index (χ2v) is 4.71. The number of aromatic nitrogens is 1. The summed E-state index contributed by atoms with van der Waals surface area (Å²) < 4.78 is 0. The van der Waals surface area contributed by atoms with E-state index in [-0.39, 0.29) is 0 Å². The molecule has 1 N–H and O–H groups in total. The number of rotatable bonds is 2. The van der Waals surface area contributed by atoms with Crippen molar-refractivity contribution >= 4 is 28.2 Å². The van der Waals surface area contributed by atoms with Crippen LogP contribution in [0, 0.1) is 13.8 Å². The Bertz CT molecular complexity index is 576. The van der Waals surface area contributed by atoms with Crippen molar-refractivity contribution in [1.29, 1.82) is 0 Å². The lowest BCUT2D eigenvalue weighted by molar-refractivity contribution is 1.07. The molecule has 2 nitrogen and oxygen atoms in total. The zero-order valence-electron chi connectivity index (χ0n) is 10.7. The number of hydrogen-bond acceptors (Lipinski definition) is 2. The molecule has 3 heteroatoms. The summed E-state index contributed by atoms with van der Waals surface area (Å²) in [6.07, 6.45) is 0.969. The molecule has 1 aromatic carbocycles. The van der Waals surface area contributed by atoms with Crippen molar-refractivity contribution in [1.82, 2.24) is 4.98 Å². The number of nitrogens with zero attached hydrogens (tertiary/aromatic N) is 1. The van der Waals surface area contributed by atoms with Gasteiger partial charge in [0.2, 0.25) is 0 Å². The molecule has 0 fully saturated rings. The minimum absolute atomic E-state index is 0.763. The first-order chi connectivity index (χ1) is 8.08. The second kappa shape index (κ2) is 4.53. The van der Waals surface area contributed by atoms with Gasteiger partial charge in [0, 0.05) is 28.8 Å². The quantitative estimate of drug-likeness (QED) is 0.865. The number of anilines is 1. The van der Waals surface area contributed by atoms with E-state index in [1.807, 2.05) is 26.1 Å². The fourth-order valence-electron chi connectivity index (χ4n) is 2.37. The molecular formula is C14H17ClN2. The zero-order chi connectivity index (χ0) is 12.6. The van der Waals surface area contributed by atoms with E-state index in [9.17, 15) is 0 Å². The van der Waals surface area contributed by atoms with E-state index in [1.54, 1.807) is 0 Å². The summed E-state index contributed by atoms with van der Waals surface area (Å²) in [5, 5.41) is 5.16. The van der Waals surface area contributed by atoms with E-state index in [0.717, 1.165) is 39.3 Å². The van der Waals surface area contributed by atoms with E-state index in [2.05, 4.69) is 19.2 Å². The molecule has 0 aliphatic carbocycles. The first-order valence-electron chi connectivity index (χ1n) is 5.85. The first-order valence-corrected chi connectivity index (χ1v) is 6.23. The van der Waals surface area contributed by atoms with Crippen LogP contribution in [-0.2, 0) is 6.42 Å². The standard InChI is InChI=1S/C14H17ClN2/c1-5-11-9(3)17-13-8(2)6-10(15)7-12(13)14(11)16-4/h6-7H,5H2,1-4H3,(H,16,17). The van der Waals surface area contributed by atoms with Crippen molar-refractivity contribution in [3.63, 3.8) is 0 Å². The Morgan fingerprint density at radius 1 is 1.29 bits per heavy atom. The van der Waals surface area contributed by atoms with Gasteiger partial charge in [-0.25, -0.2) is 0 Å². The lowest BCUT2D eigenvalue weighted by atomic mass is 10.0. The van der Waals surface area contributed by atoms with Gasteiger partial charge in [-0.3, -0.25) is 4.98 Å². The third-order valence-electron chi connectivity index (χ3n) is 3.16. The van der Waals surface area contributed by atoms with E-state index in [4.69, 9.17) is 16.6 Å². The van der Waals surface area contributed by atoms with Crippen LogP contribution in [0.1, 0.15) is 23.7 Å². The van der Waals surface area contributed by atoms with Crippen LogP contribution in [0.2, 0.25) is 5.02 Å². The van der Waals surface area contributed by atoms with Crippen molar-refractivity contribution in [3.8, 4) is 0 Å². The van der Waals surface area contributed by atoms with Crippen LogP contribution in [0.4, 0.5) is 5.69 Å². The molecule has 0 aliphatic heterocycles. The van der Waals surface area contributed by atoms with Gasteiger partial charge in [-0.15, -0.1) is 0 Å². The predicted octanol–water partition coefficient (Wildman–Crippen LogP) is 4.11. The molecule has 0 bridgehead atoms. The molecule has 0 atom stereocenters. The summed E-state index contributed by atoms with van der Waals surface area (Å²) in [6.45, 7) is 6.26. The summed E-state index contributed by atoms with van der Waals surface area (Å²) in [7, 11) is 1.95. The second-order valence-electron chi connectivity index (χ2n) is 4.27. The number of aryl methyl sites for hydroxylation is 2. The van der Waals surface area contributed by atoms with Crippen LogP contribution in [0.15, 0.2) is 12.1 Å². The average Bonchev–Trinajstić information content (AvgIpc) is 2.28. The molecule has 0 spiro atoms. The van der Waals surface area contributed by atoms with Crippen molar-refractivity contribution in [2.45, 2.75) is 27.2 Å². The fourth-order valence-corrected chi connectivity index (χ4v) is 2.64. The molecule has 2 aromatic rings. The van der Waals surface area contributed by atoms with Gasteiger partial charge < -0.3 is 5.32 Å². The molecule has 17 heavy (non-hydrogen) atoms. The van der Waals surface area contributed by atoms with E-state index in [1.165, 1.54) is 5.56 Å². The summed E-state index contributed by atoms with van der Waals surface area (Å²) in [5.41, 5.74) is 5.67. The highest BCUT2D eigenvalue weighted by atomic mass is 35.5. The van der Waals surface area contributed by atoms with Crippen LogP contribution < -0.4 is 5.32 Å². The van der Waals surface area contributed by atoms with Gasteiger partial charge >= 0.3 is 0 Å². The van der Waals surface area contributed by atoms with Gasteiger partial charge in [-0.1, -0.05) is 18.5 Å². The minimum Gasteiger partial charge on any atom is -0.387 e. The molecule has 0 aliphatic rings.